The van der Waals surface area contributed by atoms with Crippen LogP contribution in [0.2, 0.25) is 0 Å². The van der Waals surface area contributed by atoms with E-state index in [2.05, 4.69) is 24.0 Å². The highest BCUT2D eigenvalue weighted by molar-refractivity contribution is 5.87. The number of unbranched alkanes of at least 4 members (excludes halogenated alkanes) is 1. The van der Waals surface area contributed by atoms with Gasteiger partial charge in [0.15, 0.2) is 0 Å². The largest absolute Gasteiger partial charge is 0.489 e. The Morgan fingerprint density at radius 3 is 2.42 bits per heavy atom. The number of ether oxygens (including phenoxy) is 1. The van der Waals surface area contributed by atoms with Gasteiger partial charge in [-0.05, 0) is 53.1 Å². The van der Waals surface area contributed by atoms with Gasteiger partial charge in [-0.25, -0.2) is 0 Å². The molecule has 1 atom stereocenters. The van der Waals surface area contributed by atoms with Gasteiger partial charge in [0.05, 0.1) is 5.56 Å². The van der Waals surface area contributed by atoms with Crippen molar-refractivity contribution in [2.24, 2.45) is 0 Å². The molecule has 1 unspecified atom stereocenters. The second-order valence-corrected chi connectivity index (χ2v) is 8.21. The molecule has 0 amide bonds. The summed E-state index contributed by atoms with van der Waals surface area (Å²) in [4.78, 5) is 4.57. The molecular weight excluding hydrogens is 429 g/mol. The van der Waals surface area contributed by atoms with Crippen molar-refractivity contribution in [1.29, 1.82) is 0 Å². The van der Waals surface area contributed by atoms with E-state index in [1.165, 1.54) is 12.1 Å². The summed E-state index contributed by atoms with van der Waals surface area (Å²) in [6.45, 7) is 4.44. The van der Waals surface area contributed by atoms with Gasteiger partial charge in [-0.1, -0.05) is 62.2 Å². The summed E-state index contributed by atoms with van der Waals surface area (Å²) in [7, 11) is 0. The van der Waals surface area contributed by atoms with Crippen LogP contribution in [-0.2, 0) is 12.8 Å². The molecule has 0 spiro atoms. The van der Waals surface area contributed by atoms with Crippen LogP contribution in [0.15, 0.2) is 65.2 Å². The summed E-state index contributed by atoms with van der Waals surface area (Å²) in [5, 5.41) is 6.12. The Morgan fingerprint density at radius 1 is 0.970 bits per heavy atom. The fraction of sp³-hybridized carbons (Fsp3) is 0.308. The molecule has 7 heteroatoms. The molecule has 4 rings (SSSR count). The first kappa shape index (κ1) is 22.8. The lowest BCUT2D eigenvalue weighted by Crippen LogP contribution is -2.05. The van der Waals surface area contributed by atoms with E-state index in [1.807, 2.05) is 36.4 Å². The molecular formula is C26H25F3N2O2. The average Bonchev–Trinajstić information content (AvgIpc) is 3.31. The van der Waals surface area contributed by atoms with Gasteiger partial charge in [0, 0.05) is 11.5 Å². The third kappa shape index (κ3) is 5.53. The number of rotatable bonds is 8. The van der Waals surface area contributed by atoms with Gasteiger partial charge >= 0.3 is 6.18 Å². The number of fused-ring (bicyclic) bond motifs is 1. The Labute approximate surface area is 190 Å². The molecule has 0 radical (unpaired) electrons. The highest BCUT2D eigenvalue weighted by Gasteiger charge is 2.29. The molecule has 0 saturated heterocycles. The van der Waals surface area contributed by atoms with Crippen molar-refractivity contribution in [3.63, 3.8) is 0 Å². The van der Waals surface area contributed by atoms with Crippen LogP contribution in [0.3, 0.4) is 0 Å². The highest BCUT2D eigenvalue weighted by atomic mass is 19.4. The van der Waals surface area contributed by atoms with E-state index in [0.717, 1.165) is 47.7 Å². The van der Waals surface area contributed by atoms with Crippen LogP contribution in [-0.4, -0.2) is 10.1 Å². The molecule has 0 aliphatic heterocycles. The van der Waals surface area contributed by atoms with E-state index in [9.17, 15) is 13.2 Å². The maximum absolute atomic E-state index is 12.7. The molecule has 0 bridgehead atoms. The van der Waals surface area contributed by atoms with Crippen molar-refractivity contribution in [1.82, 2.24) is 10.1 Å². The number of benzene rings is 3. The third-order valence-corrected chi connectivity index (χ3v) is 5.61. The zero-order valence-electron chi connectivity index (χ0n) is 18.5. The fourth-order valence-corrected chi connectivity index (χ4v) is 3.60. The Balaban J connectivity index is 1.44. The smallest absolute Gasteiger partial charge is 0.416 e. The van der Waals surface area contributed by atoms with Gasteiger partial charge in [0.2, 0.25) is 11.7 Å². The zero-order chi connectivity index (χ0) is 23.4. The van der Waals surface area contributed by atoms with Gasteiger partial charge in [0.25, 0.3) is 0 Å². The average molecular weight is 454 g/mol. The first-order chi connectivity index (χ1) is 15.8. The Bertz CT molecular complexity index is 1220. The van der Waals surface area contributed by atoms with E-state index in [0.29, 0.717) is 23.0 Å². The molecule has 4 nitrogen and oxygen atoms in total. The van der Waals surface area contributed by atoms with Crippen molar-refractivity contribution < 1.29 is 22.4 Å². The first-order valence-corrected chi connectivity index (χ1v) is 11.0. The molecule has 172 valence electrons. The number of halogens is 3. The predicted octanol–water partition coefficient (Wildman–Crippen LogP) is 7.78. The number of alkyl halides is 3. The molecule has 1 aromatic heterocycles. The van der Waals surface area contributed by atoms with Crippen molar-refractivity contribution in [2.45, 2.75) is 51.8 Å². The molecule has 0 aliphatic carbocycles. The van der Waals surface area contributed by atoms with E-state index < -0.39 is 11.7 Å². The molecule has 4 aromatic rings. The van der Waals surface area contributed by atoms with E-state index in [1.54, 1.807) is 0 Å². The number of hydrogen-bond acceptors (Lipinski definition) is 4. The molecule has 0 aliphatic rings. The van der Waals surface area contributed by atoms with Crippen molar-refractivity contribution in [3.05, 3.63) is 77.7 Å². The summed E-state index contributed by atoms with van der Waals surface area (Å²) in [5.74, 6) is 2.10. The van der Waals surface area contributed by atoms with Gasteiger partial charge in [-0.3, -0.25) is 0 Å². The lowest BCUT2D eigenvalue weighted by Gasteiger charge is -2.10. The second-order valence-electron chi connectivity index (χ2n) is 8.21. The summed E-state index contributed by atoms with van der Waals surface area (Å²) in [5.41, 5.74) is 0.870. The van der Waals surface area contributed by atoms with Gasteiger partial charge in [-0.2, -0.15) is 18.2 Å². The third-order valence-electron chi connectivity index (χ3n) is 5.61. The zero-order valence-corrected chi connectivity index (χ0v) is 18.5. The predicted molar refractivity (Wildman–Crippen MR) is 121 cm³/mol. The van der Waals surface area contributed by atoms with Crippen LogP contribution in [0.25, 0.3) is 22.2 Å². The molecule has 3 aromatic carbocycles. The van der Waals surface area contributed by atoms with Crippen molar-refractivity contribution in [2.75, 3.05) is 0 Å². The quantitative estimate of drug-likeness (QED) is 0.273. The summed E-state index contributed by atoms with van der Waals surface area (Å²) < 4.78 is 49.3. The van der Waals surface area contributed by atoms with Gasteiger partial charge < -0.3 is 9.26 Å². The minimum Gasteiger partial charge on any atom is -0.489 e. The van der Waals surface area contributed by atoms with Crippen LogP contribution in [0.1, 0.15) is 56.0 Å². The summed E-state index contributed by atoms with van der Waals surface area (Å²) in [6.07, 6.45) is -1.07. The maximum Gasteiger partial charge on any atom is 0.416 e. The van der Waals surface area contributed by atoms with Crippen LogP contribution in [0.5, 0.6) is 5.75 Å². The first-order valence-electron chi connectivity index (χ1n) is 11.0. The van der Waals surface area contributed by atoms with Crippen LogP contribution >= 0.6 is 0 Å². The summed E-state index contributed by atoms with van der Waals surface area (Å²) >= 11 is 0. The SMILES string of the molecule is CCCCC(C)c1nc(-c2ccc3cc(OCc4ccc(C(F)(F)F)cc4)ccc3c2)no1. The Morgan fingerprint density at radius 2 is 1.70 bits per heavy atom. The maximum atomic E-state index is 12.7. The fourth-order valence-electron chi connectivity index (χ4n) is 3.60. The minimum absolute atomic E-state index is 0.184. The van der Waals surface area contributed by atoms with Gasteiger partial charge in [-0.15, -0.1) is 0 Å². The molecule has 0 N–H and O–H groups in total. The second kappa shape index (κ2) is 9.65. The Kier molecular flexibility index (Phi) is 6.67. The Hall–Kier alpha value is -3.35. The van der Waals surface area contributed by atoms with Crippen LogP contribution in [0, 0.1) is 0 Å². The molecule has 0 fully saturated rings. The van der Waals surface area contributed by atoms with Crippen LogP contribution in [0.4, 0.5) is 13.2 Å². The van der Waals surface area contributed by atoms with E-state index >= 15 is 0 Å². The van der Waals surface area contributed by atoms with Crippen LogP contribution < -0.4 is 4.74 Å². The van der Waals surface area contributed by atoms with E-state index in [4.69, 9.17) is 9.26 Å². The summed E-state index contributed by atoms with van der Waals surface area (Å²) in [6, 6.07) is 16.6. The van der Waals surface area contributed by atoms with E-state index in [-0.39, 0.29) is 12.5 Å². The lowest BCUT2D eigenvalue weighted by molar-refractivity contribution is -0.137. The minimum atomic E-state index is -4.34. The van der Waals surface area contributed by atoms with Crippen molar-refractivity contribution >= 4 is 10.8 Å². The highest BCUT2D eigenvalue weighted by Crippen LogP contribution is 2.30. The molecule has 33 heavy (non-hydrogen) atoms. The lowest BCUT2D eigenvalue weighted by atomic mass is 10.0. The van der Waals surface area contributed by atoms with Gasteiger partial charge in [0.1, 0.15) is 12.4 Å². The molecule has 1 heterocycles. The number of aromatic nitrogens is 2. The number of hydrogen-bond donors (Lipinski definition) is 0. The topological polar surface area (TPSA) is 48.2 Å². The monoisotopic (exact) mass is 454 g/mol. The van der Waals surface area contributed by atoms with Crippen molar-refractivity contribution in [3.8, 4) is 17.1 Å². The standard InChI is InChI=1S/C26H25F3N2O2/c1-3-4-5-17(2)25-30-24(31-33-25)21-9-8-20-15-23(13-10-19(20)14-21)32-16-18-6-11-22(12-7-18)26(27,28)29/h6-15,17H,3-5,16H2,1-2H3. The number of nitrogens with zero attached hydrogens (tertiary/aromatic N) is 2. The normalized spacial score (nSPS) is 12.8. The molecule has 0 saturated carbocycles.